The first-order valence-corrected chi connectivity index (χ1v) is 11.5. The van der Waals surface area contributed by atoms with Gasteiger partial charge in [0.15, 0.2) is 0 Å². The van der Waals surface area contributed by atoms with E-state index in [4.69, 9.17) is 4.74 Å². The summed E-state index contributed by atoms with van der Waals surface area (Å²) in [4.78, 5) is 40.1. The number of carbonyl (C=O) groups is 3. The molecule has 1 atom stereocenters. The van der Waals surface area contributed by atoms with E-state index in [1.807, 2.05) is 51.1 Å². The third-order valence-corrected chi connectivity index (χ3v) is 6.36. The topological polar surface area (TPSA) is 83.9 Å². The van der Waals surface area contributed by atoms with Crippen molar-refractivity contribution in [2.24, 2.45) is 0 Å². The molecule has 1 aliphatic heterocycles. The Hall–Kier alpha value is -4.19. The number of aliphatic hydroxyl groups excluding tert-OH is 1. The Bertz CT molecular complexity index is 1350. The zero-order valence-corrected chi connectivity index (χ0v) is 20.2. The number of benzene rings is 3. The quantitative estimate of drug-likeness (QED) is 0.234. The van der Waals surface area contributed by atoms with E-state index in [1.54, 1.807) is 43.3 Å². The van der Waals surface area contributed by atoms with Gasteiger partial charge >= 0.3 is 5.97 Å². The second kappa shape index (κ2) is 9.58. The molecule has 6 heteroatoms. The highest BCUT2D eigenvalue weighted by atomic mass is 16.5. The second-order valence-electron chi connectivity index (χ2n) is 8.59. The predicted molar refractivity (Wildman–Crippen MR) is 134 cm³/mol. The number of hydrogen-bond acceptors (Lipinski definition) is 5. The second-order valence-corrected chi connectivity index (χ2v) is 8.59. The maximum absolute atomic E-state index is 13.3. The third kappa shape index (κ3) is 4.35. The van der Waals surface area contributed by atoms with E-state index in [0.29, 0.717) is 16.8 Å². The molecule has 6 nitrogen and oxygen atoms in total. The van der Waals surface area contributed by atoms with Crippen LogP contribution in [0.25, 0.3) is 5.76 Å². The fraction of sp³-hybridized carbons (Fsp3) is 0.207. The molecule has 1 fully saturated rings. The van der Waals surface area contributed by atoms with Crippen molar-refractivity contribution in [3.8, 4) is 0 Å². The molecule has 3 aromatic rings. The van der Waals surface area contributed by atoms with Crippen LogP contribution in [-0.4, -0.2) is 29.4 Å². The van der Waals surface area contributed by atoms with Crippen LogP contribution in [0.15, 0.2) is 72.3 Å². The Morgan fingerprint density at radius 3 is 2.17 bits per heavy atom. The Morgan fingerprint density at radius 2 is 1.54 bits per heavy atom. The van der Waals surface area contributed by atoms with Crippen molar-refractivity contribution in [2.75, 3.05) is 11.5 Å². The molecule has 0 aliphatic carbocycles. The molecule has 0 radical (unpaired) electrons. The Balaban J connectivity index is 1.89. The predicted octanol–water partition coefficient (Wildman–Crippen LogP) is 5.41. The van der Waals surface area contributed by atoms with E-state index in [1.165, 1.54) is 4.90 Å². The van der Waals surface area contributed by atoms with Gasteiger partial charge in [-0.15, -0.1) is 0 Å². The summed E-state index contributed by atoms with van der Waals surface area (Å²) in [5.41, 5.74) is 4.90. The zero-order valence-electron chi connectivity index (χ0n) is 20.2. The molecule has 1 N–H and O–H groups in total. The van der Waals surface area contributed by atoms with Gasteiger partial charge in [0.1, 0.15) is 5.76 Å². The standard InChI is InChI=1S/C29H27NO5/c1-5-35-29(34)20-12-14-22(15-13-20)30-25(23-9-7-6-8-18(23)3)24(27(32)28(30)33)26(31)21-11-10-17(2)19(4)16-21/h6-16,25,31H,5H2,1-4H3/b26-24+. The van der Waals surface area contributed by atoms with Gasteiger partial charge in [0, 0.05) is 11.3 Å². The summed E-state index contributed by atoms with van der Waals surface area (Å²) in [7, 11) is 0. The van der Waals surface area contributed by atoms with Crippen LogP contribution in [0.2, 0.25) is 0 Å². The van der Waals surface area contributed by atoms with E-state index in [-0.39, 0.29) is 17.9 Å². The smallest absolute Gasteiger partial charge is 0.338 e. The zero-order chi connectivity index (χ0) is 25.3. The van der Waals surface area contributed by atoms with Crippen LogP contribution in [0.3, 0.4) is 0 Å². The Morgan fingerprint density at radius 1 is 0.886 bits per heavy atom. The lowest BCUT2D eigenvalue weighted by atomic mass is 9.92. The molecule has 1 saturated heterocycles. The Kier molecular flexibility index (Phi) is 6.56. The van der Waals surface area contributed by atoms with Crippen molar-refractivity contribution in [1.29, 1.82) is 0 Å². The van der Waals surface area contributed by atoms with Crippen molar-refractivity contribution in [3.63, 3.8) is 0 Å². The first-order chi connectivity index (χ1) is 16.7. The fourth-order valence-electron chi connectivity index (χ4n) is 4.30. The van der Waals surface area contributed by atoms with Gasteiger partial charge in [0.25, 0.3) is 11.7 Å². The normalized spacial score (nSPS) is 17.0. The number of aliphatic hydroxyl groups is 1. The highest BCUT2D eigenvalue weighted by Gasteiger charge is 2.47. The van der Waals surface area contributed by atoms with E-state index >= 15 is 0 Å². The van der Waals surface area contributed by atoms with Crippen LogP contribution in [0.1, 0.15) is 51.1 Å². The third-order valence-electron chi connectivity index (χ3n) is 6.36. The average Bonchev–Trinajstić information content (AvgIpc) is 3.11. The van der Waals surface area contributed by atoms with Gasteiger partial charge in [-0.05, 0) is 80.3 Å². The van der Waals surface area contributed by atoms with Crippen LogP contribution in [0, 0.1) is 20.8 Å². The van der Waals surface area contributed by atoms with E-state index in [2.05, 4.69) is 0 Å². The minimum absolute atomic E-state index is 0.0297. The van der Waals surface area contributed by atoms with E-state index < -0.39 is 23.7 Å². The molecule has 35 heavy (non-hydrogen) atoms. The number of nitrogens with zero attached hydrogens (tertiary/aromatic N) is 1. The van der Waals surface area contributed by atoms with Crippen molar-refractivity contribution in [1.82, 2.24) is 0 Å². The minimum Gasteiger partial charge on any atom is -0.507 e. The number of carbonyl (C=O) groups excluding carboxylic acids is 3. The first-order valence-electron chi connectivity index (χ1n) is 11.5. The first kappa shape index (κ1) is 24.0. The molecule has 1 aliphatic rings. The molecule has 4 rings (SSSR count). The number of ketones is 1. The van der Waals surface area contributed by atoms with Crippen molar-refractivity contribution in [2.45, 2.75) is 33.7 Å². The van der Waals surface area contributed by atoms with Crippen LogP contribution in [0.5, 0.6) is 0 Å². The lowest BCUT2D eigenvalue weighted by Gasteiger charge is -2.26. The van der Waals surface area contributed by atoms with Gasteiger partial charge in [0.05, 0.1) is 23.8 Å². The highest BCUT2D eigenvalue weighted by Crippen LogP contribution is 2.43. The summed E-state index contributed by atoms with van der Waals surface area (Å²) in [5.74, 6) is -2.19. The van der Waals surface area contributed by atoms with Crippen LogP contribution in [0.4, 0.5) is 5.69 Å². The van der Waals surface area contributed by atoms with E-state index in [0.717, 1.165) is 22.3 Å². The summed E-state index contributed by atoms with van der Waals surface area (Å²) in [5, 5.41) is 11.3. The highest BCUT2D eigenvalue weighted by molar-refractivity contribution is 6.51. The molecule has 1 amide bonds. The average molecular weight is 470 g/mol. The molecule has 178 valence electrons. The molecular weight excluding hydrogens is 442 g/mol. The van der Waals surface area contributed by atoms with Crippen LogP contribution >= 0.6 is 0 Å². The molecular formula is C29H27NO5. The number of anilines is 1. The minimum atomic E-state index is -0.828. The van der Waals surface area contributed by atoms with Crippen LogP contribution < -0.4 is 4.90 Å². The number of hydrogen-bond donors (Lipinski definition) is 1. The number of rotatable bonds is 5. The van der Waals surface area contributed by atoms with Gasteiger partial charge < -0.3 is 9.84 Å². The monoisotopic (exact) mass is 469 g/mol. The summed E-state index contributed by atoms with van der Waals surface area (Å²) in [6.07, 6.45) is 0. The molecule has 3 aromatic carbocycles. The van der Waals surface area contributed by atoms with Crippen LogP contribution in [-0.2, 0) is 14.3 Å². The van der Waals surface area contributed by atoms with Crippen molar-refractivity contribution in [3.05, 3.63) is 106 Å². The lowest BCUT2D eigenvalue weighted by Crippen LogP contribution is -2.29. The maximum Gasteiger partial charge on any atom is 0.338 e. The molecule has 1 unspecified atom stereocenters. The number of aryl methyl sites for hydroxylation is 3. The SMILES string of the molecule is CCOC(=O)c1ccc(N2C(=O)C(=O)/C(=C(/O)c3ccc(C)c(C)c3)C2c2ccccc2C)cc1. The van der Waals surface area contributed by atoms with Gasteiger partial charge in [-0.2, -0.15) is 0 Å². The van der Waals surface area contributed by atoms with E-state index in [9.17, 15) is 19.5 Å². The molecule has 0 saturated carbocycles. The van der Waals surface area contributed by atoms with Crippen molar-refractivity contribution >= 4 is 29.1 Å². The number of Topliss-reactive ketones (excluding diaryl/α,β-unsaturated/α-hetero) is 1. The van der Waals surface area contributed by atoms with Gasteiger partial charge in [0.2, 0.25) is 0 Å². The largest absolute Gasteiger partial charge is 0.507 e. The molecule has 1 heterocycles. The van der Waals surface area contributed by atoms with Gasteiger partial charge in [-0.25, -0.2) is 4.79 Å². The molecule has 0 spiro atoms. The van der Waals surface area contributed by atoms with Gasteiger partial charge in [-0.3, -0.25) is 14.5 Å². The summed E-state index contributed by atoms with van der Waals surface area (Å²) < 4.78 is 5.04. The molecule has 0 aromatic heterocycles. The summed E-state index contributed by atoms with van der Waals surface area (Å²) in [6.45, 7) is 7.76. The Labute approximate surface area is 204 Å². The van der Waals surface area contributed by atoms with Crippen molar-refractivity contribution < 1.29 is 24.2 Å². The number of amides is 1. The lowest BCUT2D eigenvalue weighted by molar-refractivity contribution is -0.132. The maximum atomic E-state index is 13.3. The fourth-order valence-corrected chi connectivity index (χ4v) is 4.30. The number of ether oxygens (including phenoxy) is 1. The number of esters is 1. The molecule has 0 bridgehead atoms. The summed E-state index contributed by atoms with van der Waals surface area (Å²) in [6, 6.07) is 18.4. The summed E-state index contributed by atoms with van der Waals surface area (Å²) >= 11 is 0. The van der Waals surface area contributed by atoms with Gasteiger partial charge in [-0.1, -0.05) is 36.4 Å².